The van der Waals surface area contributed by atoms with E-state index in [2.05, 4.69) is 4.98 Å². The number of para-hydroxylation sites is 1. The predicted octanol–water partition coefficient (Wildman–Crippen LogP) is 1.96. The van der Waals surface area contributed by atoms with Crippen LogP contribution < -0.4 is 5.73 Å². The molecule has 0 aliphatic carbocycles. The zero-order chi connectivity index (χ0) is 15.4. The molecule has 2 aromatic rings. The van der Waals surface area contributed by atoms with Crippen molar-refractivity contribution in [3.63, 3.8) is 0 Å². The maximum absolute atomic E-state index is 12.0. The molecular formula is C15H21N3O3. The lowest BCUT2D eigenvalue weighted by Gasteiger charge is -2.10. The second kappa shape index (κ2) is 6.58. The third kappa shape index (κ3) is 3.52. The van der Waals surface area contributed by atoms with Gasteiger partial charge in [-0.1, -0.05) is 19.9 Å². The summed E-state index contributed by atoms with van der Waals surface area (Å²) in [6, 6.07) is 5.51. The Kier molecular flexibility index (Phi) is 4.80. The van der Waals surface area contributed by atoms with E-state index >= 15 is 0 Å². The molecule has 0 fully saturated rings. The standard InChI is InChI=1S/C15H21N3O3/c1-10(2)8-21-14(19)7-18-12-6-4-5-11(16)15(12)17-13(18)9-20-3/h4-6,10H,7-9,16H2,1-3H3. The summed E-state index contributed by atoms with van der Waals surface area (Å²) < 4.78 is 12.2. The number of methoxy groups -OCH3 is 1. The quantitative estimate of drug-likeness (QED) is 0.650. The van der Waals surface area contributed by atoms with Crippen LogP contribution in [-0.2, 0) is 27.4 Å². The number of hydrogen-bond acceptors (Lipinski definition) is 5. The minimum absolute atomic E-state index is 0.103. The lowest BCUT2D eigenvalue weighted by Crippen LogP contribution is -2.18. The molecule has 0 aliphatic rings. The number of rotatable bonds is 6. The fourth-order valence-electron chi connectivity index (χ4n) is 2.07. The van der Waals surface area contributed by atoms with Crippen LogP contribution in [0, 0.1) is 5.92 Å². The summed E-state index contributed by atoms with van der Waals surface area (Å²) in [5, 5.41) is 0. The summed E-state index contributed by atoms with van der Waals surface area (Å²) in [4.78, 5) is 16.4. The number of carbonyl (C=O) groups is 1. The number of hydrogen-bond donors (Lipinski definition) is 1. The number of nitrogens with zero attached hydrogens (tertiary/aromatic N) is 2. The summed E-state index contributed by atoms with van der Waals surface area (Å²) in [7, 11) is 1.59. The zero-order valence-electron chi connectivity index (χ0n) is 12.6. The topological polar surface area (TPSA) is 79.4 Å². The number of ether oxygens (including phenoxy) is 2. The second-order valence-corrected chi connectivity index (χ2v) is 5.34. The Morgan fingerprint density at radius 2 is 2.19 bits per heavy atom. The van der Waals surface area contributed by atoms with Crippen molar-refractivity contribution in [3.8, 4) is 0 Å². The van der Waals surface area contributed by atoms with Gasteiger partial charge >= 0.3 is 5.97 Å². The van der Waals surface area contributed by atoms with Gasteiger partial charge in [0.25, 0.3) is 0 Å². The number of anilines is 1. The molecule has 2 rings (SSSR count). The van der Waals surface area contributed by atoms with Gasteiger partial charge in [0.15, 0.2) is 0 Å². The van der Waals surface area contributed by atoms with Gasteiger partial charge in [0.2, 0.25) is 0 Å². The minimum Gasteiger partial charge on any atom is -0.464 e. The van der Waals surface area contributed by atoms with Crippen LogP contribution in [0.4, 0.5) is 5.69 Å². The smallest absolute Gasteiger partial charge is 0.326 e. The Morgan fingerprint density at radius 3 is 2.86 bits per heavy atom. The van der Waals surface area contributed by atoms with E-state index in [0.717, 1.165) is 5.52 Å². The molecule has 114 valence electrons. The molecule has 1 aromatic heterocycles. The van der Waals surface area contributed by atoms with E-state index in [1.165, 1.54) is 0 Å². The summed E-state index contributed by atoms with van der Waals surface area (Å²) >= 11 is 0. The van der Waals surface area contributed by atoms with Crippen LogP contribution in [0.2, 0.25) is 0 Å². The van der Waals surface area contributed by atoms with Crippen molar-refractivity contribution in [3.05, 3.63) is 24.0 Å². The summed E-state index contributed by atoms with van der Waals surface area (Å²) in [5.41, 5.74) is 8.00. The maximum Gasteiger partial charge on any atom is 0.326 e. The number of carbonyl (C=O) groups excluding carboxylic acids is 1. The summed E-state index contributed by atoms with van der Waals surface area (Å²) in [5.74, 6) is 0.678. The number of nitrogens with two attached hydrogens (primary N) is 1. The van der Waals surface area contributed by atoms with E-state index in [1.807, 2.05) is 26.0 Å². The van der Waals surface area contributed by atoms with Gasteiger partial charge in [0.05, 0.1) is 17.8 Å². The molecule has 6 heteroatoms. The number of esters is 1. The van der Waals surface area contributed by atoms with E-state index in [9.17, 15) is 4.79 Å². The van der Waals surface area contributed by atoms with Crippen molar-refractivity contribution >= 4 is 22.7 Å². The van der Waals surface area contributed by atoms with E-state index in [4.69, 9.17) is 15.2 Å². The van der Waals surface area contributed by atoms with Gasteiger partial charge < -0.3 is 19.8 Å². The van der Waals surface area contributed by atoms with Crippen LogP contribution in [0.25, 0.3) is 11.0 Å². The monoisotopic (exact) mass is 291 g/mol. The first-order valence-electron chi connectivity index (χ1n) is 6.91. The third-order valence-corrected chi connectivity index (χ3v) is 3.03. The molecule has 2 N–H and O–H groups in total. The third-order valence-electron chi connectivity index (χ3n) is 3.03. The molecule has 1 heterocycles. The SMILES string of the molecule is COCc1nc2c(N)cccc2n1CC(=O)OCC(C)C. The molecule has 0 aliphatic heterocycles. The molecule has 21 heavy (non-hydrogen) atoms. The van der Waals surface area contributed by atoms with Crippen molar-refractivity contribution in [2.24, 2.45) is 5.92 Å². The Hall–Kier alpha value is -2.08. The first-order chi connectivity index (χ1) is 10.0. The first kappa shape index (κ1) is 15.3. The molecule has 0 atom stereocenters. The van der Waals surface area contributed by atoms with Crippen LogP contribution in [0.5, 0.6) is 0 Å². The Labute approximate surface area is 123 Å². The molecule has 6 nitrogen and oxygen atoms in total. The number of aromatic nitrogens is 2. The van der Waals surface area contributed by atoms with Crippen LogP contribution in [0.15, 0.2) is 18.2 Å². The summed E-state index contributed by atoms with van der Waals surface area (Å²) in [6.45, 7) is 4.82. The van der Waals surface area contributed by atoms with E-state index in [0.29, 0.717) is 36.2 Å². The minimum atomic E-state index is -0.289. The van der Waals surface area contributed by atoms with Crippen molar-refractivity contribution < 1.29 is 14.3 Å². The average Bonchev–Trinajstić information content (AvgIpc) is 2.77. The fraction of sp³-hybridized carbons (Fsp3) is 0.467. The largest absolute Gasteiger partial charge is 0.464 e. The molecule has 0 radical (unpaired) electrons. The molecule has 0 unspecified atom stereocenters. The van der Waals surface area contributed by atoms with Gasteiger partial charge in [0, 0.05) is 7.11 Å². The van der Waals surface area contributed by atoms with Gasteiger partial charge in [0.1, 0.15) is 24.5 Å². The van der Waals surface area contributed by atoms with Crippen LogP contribution in [-0.4, -0.2) is 29.2 Å². The number of imidazole rings is 1. The van der Waals surface area contributed by atoms with Crippen molar-refractivity contribution in [1.29, 1.82) is 0 Å². The van der Waals surface area contributed by atoms with Gasteiger partial charge in [-0.2, -0.15) is 0 Å². The molecule has 0 amide bonds. The highest BCUT2D eigenvalue weighted by Crippen LogP contribution is 2.22. The highest BCUT2D eigenvalue weighted by molar-refractivity contribution is 5.88. The second-order valence-electron chi connectivity index (χ2n) is 5.34. The molecule has 0 saturated heterocycles. The lowest BCUT2D eigenvalue weighted by atomic mass is 10.2. The highest BCUT2D eigenvalue weighted by atomic mass is 16.5. The van der Waals surface area contributed by atoms with Gasteiger partial charge in [-0.25, -0.2) is 4.98 Å². The lowest BCUT2D eigenvalue weighted by molar-refractivity contribution is -0.145. The van der Waals surface area contributed by atoms with Crippen molar-refractivity contribution in [1.82, 2.24) is 9.55 Å². The maximum atomic E-state index is 12.0. The molecule has 0 bridgehead atoms. The van der Waals surface area contributed by atoms with Gasteiger partial charge in [-0.3, -0.25) is 4.79 Å². The fourth-order valence-corrected chi connectivity index (χ4v) is 2.07. The number of benzene rings is 1. The first-order valence-corrected chi connectivity index (χ1v) is 6.91. The number of nitrogen functional groups attached to an aromatic ring is 1. The normalized spacial score (nSPS) is 11.2. The number of fused-ring (bicyclic) bond motifs is 1. The summed E-state index contributed by atoms with van der Waals surface area (Å²) in [6.07, 6.45) is 0. The zero-order valence-corrected chi connectivity index (χ0v) is 12.6. The Balaban J connectivity index is 2.30. The van der Waals surface area contributed by atoms with Crippen molar-refractivity contribution in [2.45, 2.75) is 27.0 Å². The van der Waals surface area contributed by atoms with E-state index in [-0.39, 0.29) is 12.5 Å². The Morgan fingerprint density at radius 1 is 1.43 bits per heavy atom. The van der Waals surface area contributed by atoms with Gasteiger partial charge in [-0.15, -0.1) is 0 Å². The highest BCUT2D eigenvalue weighted by Gasteiger charge is 2.16. The van der Waals surface area contributed by atoms with Crippen LogP contribution in [0.3, 0.4) is 0 Å². The molecule has 1 aromatic carbocycles. The predicted molar refractivity (Wildman–Crippen MR) is 80.7 cm³/mol. The average molecular weight is 291 g/mol. The van der Waals surface area contributed by atoms with Crippen LogP contribution in [0.1, 0.15) is 19.7 Å². The van der Waals surface area contributed by atoms with Crippen LogP contribution >= 0.6 is 0 Å². The molecule has 0 saturated carbocycles. The van der Waals surface area contributed by atoms with Crippen molar-refractivity contribution in [2.75, 3.05) is 19.5 Å². The molecule has 0 spiro atoms. The Bertz CT molecular complexity index is 634. The van der Waals surface area contributed by atoms with E-state index < -0.39 is 0 Å². The van der Waals surface area contributed by atoms with Gasteiger partial charge in [-0.05, 0) is 18.1 Å². The molecular weight excluding hydrogens is 270 g/mol. The van der Waals surface area contributed by atoms with E-state index in [1.54, 1.807) is 17.7 Å².